The average molecular weight is 224 g/mol. The summed E-state index contributed by atoms with van der Waals surface area (Å²) in [5, 5.41) is 7.21. The van der Waals surface area contributed by atoms with Crippen LogP contribution >= 0.6 is 0 Å². The minimum absolute atomic E-state index is 0.588. The Morgan fingerprint density at radius 1 is 1.25 bits per heavy atom. The van der Waals surface area contributed by atoms with E-state index in [1.807, 2.05) is 0 Å². The van der Waals surface area contributed by atoms with E-state index >= 15 is 0 Å². The fourth-order valence-corrected chi connectivity index (χ4v) is 3.05. The van der Waals surface area contributed by atoms with Crippen molar-refractivity contribution in [3.05, 3.63) is 0 Å². The molecule has 1 saturated carbocycles. The summed E-state index contributed by atoms with van der Waals surface area (Å²) < 4.78 is 0. The largest absolute Gasteiger partial charge is 0.317 e. The molecule has 0 spiro atoms. The van der Waals surface area contributed by atoms with Crippen LogP contribution in [-0.2, 0) is 0 Å². The van der Waals surface area contributed by atoms with Gasteiger partial charge in [-0.05, 0) is 62.1 Å². The second kappa shape index (κ2) is 4.66. The van der Waals surface area contributed by atoms with Gasteiger partial charge in [0.15, 0.2) is 0 Å². The quantitative estimate of drug-likeness (QED) is 0.749. The molecule has 94 valence electrons. The number of hydrogen-bond donors (Lipinski definition) is 2. The molecule has 0 amide bonds. The molecule has 2 aliphatic rings. The van der Waals surface area contributed by atoms with Gasteiger partial charge in [0.25, 0.3) is 0 Å². The molecule has 1 aliphatic carbocycles. The number of piperidine rings is 1. The van der Waals surface area contributed by atoms with Crippen molar-refractivity contribution in [3.63, 3.8) is 0 Å². The Labute approximate surface area is 101 Å². The SMILES string of the molecule is CCC1(CNCC2CC2(C)C)CCNCC1. The molecule has 1 aliphatic heterocycles. The van der Waals surface area contributed by atoms with E-state index in [1.165, 1.54) is 51.9 Å². The van der Waals surface area contributed by atoms with Gasteiger partial charge in [0.1, 0.15) is 0 Å². The third-order valence-electron chi connectivity index (χ3n) is 5.02. The van der Waals surface area contributed by atoms with Crippen LogP contribution in [0, 0.1) is 16.7 Å². The fourth-order valence-electron chi connectivity index (χ4n) is 3.05. The highest BCUT2D eigenvalue weighted by Crippen LogP contribution is 2.51. The van der Waals surface area contributed by atoms with Crippen molar-refractivity contribution in [2.45, 2.75) is 46.5 Å². The second-order valence-electron chi connectivity index (χ2n) is 6.62. The molecular formula is C14H28N2. The number of hydrogen-bond acceptors (Lipinski definition) is 2. The average Bonchev–Trinajstić information content (AvgIpc) is 2.88. The minimum Gasteiger partial charge on any atom is -0.317 e. The van der Waals surface area contributed by atoms with Gasteiger partial charge < -0.3 is 10.6 Å². The van der Waals surface area contributed by atoms with E-state index in [0.29, 0.717) is 10.8 Å². The van der Waals surface area contributed by atoms with Crippen molar-refractivity contribution >= 4 is 0 Å². The monoisotopic (exact) mass is 224 g/mol. The summed E-state index contributed by atoms with van der Waals surface area (Å²) in [6.07, 6.45) is 5.45. The van der Waals surface area contributed by atoms with Crippen LogP contribution in [0.2, 0.25) is 0 Å². The highest BCUT2D eigenvalue weighted by atomic mass is 14.9. The minimum atomic E-state index is 0.588. The predicted molar refractivity (Wildman–Crippen MR) is 69.6 cm³/mol. The smallest absolute Gasteiger partial charge is 0.000878 e. The molecule has 2 N–H and O–H groups in total. The third-order valence-corrected chi connectivity index (χ3v) is 5.02. The maximum absolute atomic E-state index is 3.74. The van der Waals surface area contributed by atoms with Crippen LogP contribution < -0.4 is 10.6 Å². The molecule has 2 fully saturated rings. The van der Waals surface area contributed by atoms with Crippen LogP contribution in [0.4, 0.5) is 0 Å². The van der Waals surface area contributed by atoms with Gasteiger partial charge in [-0.25, -0.2) is 0 Å². The van der Waals surface area contributed by atoms with Gasteiger partial charge in [-0.1, -0.05) is 20.8 Å². The Morgan fingerprint density at radius 2 is 1.88 bits per heavy atom. The summed E-state index contributed by atoms with van der Waals surface area (Å²) >= 11 is 0. The normalized spacial score (nSPS) is 31.3. The summed E-state index contributed by atoms with van der Waals surface area (Å²) in [5.74, 6) is 0.933. The van der Waals surface area contributed by atoms with Gasteiger partial charge in [-0.15, -0.1) is 0 Å². The first kappa shape index (κ1) is 12.4. The Bertz CT molecular complexity index is 229. The summed E-state index contributed by atoms with van der Waals surface area (Å²) in [7, 11) is 0. The van der Waals surface area contributed by atoms with E-state index in [9.17, 15) is 0 Å². The first-order valence-electron chi connectivity index (χ1n) is 6.99. The summed E-state index contributed by atoms with van der Waals surface area (Å²) in [6.45, 7) is 12.0. The zero-order chi connectivity index (χ0) is 11.6. The molecule has 1 heterocycles. The van der Waals surface area contributed by atoms with Crippen LogP contribution in [0.1, 0.15) is 46.5 Å². The first-order chi connectivity index (χ1) is 7.58. The van der Waals surface area contributed by atoms with Gasteiger partial charge >= 0.3 is 0 Å². The van der Waals surface area contributed by atoms with E-state index in [4.69, 9.17) is 0 Å². The molecule has 16 heavy (non-hydrogen) atoms. The summed E-state index contributed by atoms with van der Waals surface area (Å²) in [4.78, 5) is 0. The predicted octanol–water partition coefficient (Wildman–Crippen LogP) is 2.40. The molecule has 0 bridgehead atoms. The van der Waals surface area contributed by atoms with Crippen LogP contribution in [-0.4, -0.2) is 26.2 Å². The van der Waals surface area contributed by atoms with Gasteiger partial charge in [-0.3, -0.25) is 0 Å². The lowest BCUT2D eigenvalue weighted by Gasteiger charge is -2.37. The molecule has 1 unspecified atom stereocenters. The topological polar surface area (TPSA) is 24.1 Å². The molecule has 2 rings (SSSR count). The highest BCUT2D eigenvalue weighted by Gasteiger charge is 2.45. The summed E-state index contributed by atoms with van der Waals surface area (Å²) in [5.41, 5.74) is 1.21. The highest BCUT2D eigenvalue weighted by molar-refractivity contribution is 4.96. The molecule has 2 nitrogen and oxygen atoms in total. The van der Waals surface area contributed by atoms with Gasteiger partial charge in [0, 0.05) is 6.54 Å². The maximum atomic E-state index is 3.74. The van der Waals surface area contributed by atoms with Crippen molar-refractivity contribution in [2.75, 3.05) is 26.2 Å². The van der Waals surface area contributed by atoms with Crippen molar-refractivity contribution in [1.29, 1.82) is 0 Å². The molecule has 0 aromatic carbocycles. The van der Waals surface area contributed by atoms with Crippen LogP contribution in [0.15, 0.2) is 0 Å². The van der Waals surface area contributed by atoms with E-state index in [-0.39, 0.29) is 0 Å². The number of nitrogens with one attached hydrogen (secondary N) is 2. The van der Waals surface area contributed by atoms with Crippen molar-refractivity contribution < 1.29 is 0 Å². The molecule has 2 heteroatoms. The molecule has 0 aromatic heterocycles. The molecular weight excluding hydrogens is 196 g/mol. The van der Waals surface area contributed by atoms with Crippen LogP contribution in [0.25, 0.3) is 0 Å². The molecule has 1 atom stereocenters. The molecule has 0 radical (unpaired) electrons. The van der Waals surface area contributed by atoms with Crippen molar-refractivity contribution in [1.82, 2.24) is 10.6 Å². The Balaban J connectivity index is 1.71. The fraction of sp³-hybridized carbons (Fsp3) is 1.00. The molecule has 1 saturated heterocycles. The Hall–Kier alpha value is -0.0800. The van der Waals surface area contributed by atoms with E-state index in [0.717, 1.165) is 5.92 Å². The first-order valence-corrected chi connectivity index (χ1v) is 6.99. The standard InChI is InChI=1S/C14H28N2/c1-4-14(5-7-15-8-6-14)11-16-10-12-9-13(12,2)3/h12,15-16H,4-11H2,1-3H3. The van der Waals surface area contributed by atoms with Gasteiger partial charge in [0.05, 0.1) is 0 Å². The Morgan fingerprint density at radius 3 is 2.38 bits per heavy atom. The van der Waals surface area contributed by atoms with Crippen LogP contribution in [0.3, 0.4) is 0 Å². The summed E-state index contributed by atoms with van der Waals surface area (Å²) in [6, 6.07) is 0. The molecule has 0 aromatic rings. The Kier molecular flexibility index (Phi) is 3.60. The zero-order valence-corrected chi connectivity index (χ0v) is 11.2. The lowest BCUT2D eigenvalue weighted by atomic mass is 9.76. The lowest BCUT2D eigenvalue weighted by molar-refractivity contribution is 0.185. The third kappa shape index (κ3) is 2.78. The van der Waals surface area contributed by atoms with Crippen molar-refractivity contribution in [2.24, 2.45) is 16.7 Å². The van der Waals surface area contributed by atoms with E-state index in [2.05, 4.69) is 31.4 Å². The van der Waals surface area contributed by atoms with Gasteiger partial charge in [0.2, 0.25) is 0 Å². The van der Waals surface area contributed by atoms with Crippen LogP contribution in [0.5, 0.6) is 0 Å². The lowest BCUT2D eigenvalue weighted by Crippen LogP contribution is -2.43. The maximum Gasteiger partial charge on any atom is 0.000878 e. The van der Waals surface area contributed by atoms with E-state index in [1.54, 1.807) is 0 Å². The van der Waals surface area contributed by atoms with Gasteiger partial charge in [-0.2, -0.15) is 0 Å². The number of rotatable bonds is 5. The second-order valence-corrected chi connectivity index (χ2v) is 6.62. The van der Waals surface area contributed by atoms with Crippen molar-refractivity contribution in [3.8, 4) is 0 Å². The van der Waals surface area contributed by atoms with E-state index < -0.39 is 0 Å². The zero-order valence-electron chi connectivity index (χ0n) is 11.2.